The van der Waals surface area contributed by atoms with Gasteiger partial charge >= 0.3 is 0 Å². The largest absolute Gasteiger partial charge is 0.497 e. The molecule has 0 saturated carbocycles. The number of hydrogen-bond donors (Lipinski definition) is 0. The first kappa shape index (κ1) is 16.2. The quantitative estimate of drug-likeness (QED) is 0.641. The van der Waals surface area contributed by atoms with Crippen molar-refractivity contribution in [3.63, 3.8) is 0 Å². The van der Waals surface area contributed by atoms with Crippen LogP contribution in [0.4, 0.5) is 0 Å². The molecule has 24 heavy (non-hydrogen) atoms. The molecule has 0 saturated heterocycles. The minimum atomic E-state index is -0.0275. The van der Waals surface area contributed by atoms with Gasteiger partial charge in [-0.15, -0.1) is 0 Å². The van der Waals surface area contributed by atoms with E-state index < -0.39 is 0 Å². The molecular weight excluding hydrogens is 300 g/mol. The standard InChI is InChI=1S/C20H22N2O2/c1-3-4-5-13-19-21-18-12-7-6-11-17(18)20(23)22(19)15-9-8-10-16(14-15)24-2/h6-12,14H,3-5,13H2,1-2H3. The van der Waals surface area contributed by atoms with Gasteiger partial charge in [0, 0.05) is 12.5 Å². The van der Waals surface area contributed by atoms with Crippen molar-refractivity contribution < 1.29 is 4.74 Å². The van der Waals surface area contributed by atoms with Crippen LogP contribution >= 0.6 is 0 Å². The molecule has 0 aliphatic heterocycles. The first-order valence-corrected chi connectivity index (χ1v) is 8.39. The summed E-state index contributed by atoms with van der Waals surface area (Å²) in [7, 11) is 1.63. The fourth-order valence-corrected chi connectivity index (χ4v) is 2.90. The highest BCUT2D eigenvalue weighted by Gasteiger charge is 2.12. The molecule has 2 aromatic carbocycles. The van der Waals surface area contributed by atoms with Crippen molar-refractivity contribution in [3.05, 3.63) is 64.7 Å². The maximum atomic E-state index is 13.1. The fraction of sp³-hybridized carbons (Fsp3) is 0.300. The number of benzene rings is 2. The predicted octanol–water partition coefficient (Wildman–Crippen LogP) is 4.13. The maximum absolute atomic E-state index is 13.1. The van der Waals surface area contributed by atoms with Crippen molar-refractivity contribution in [2.75, 3.05) is 7.11 Å². The summed E-state index contributed by atoms with van der Waals surface area (Å²) in [5.74, 6) is 1.53. The highest BCUT2D eigenvalue weighted by atomic mass is 16.5. The van der Waals surface area contributed by atoms with Crippen LogP contribution in [0.25, 0.3) is 16.6 Å². The van der Waals surface area contributed by atoms with Crippen LogP contribution in [0.3, 0.4) is 0 Å². The smallest absolute Gasteiger partial charge is 0.265 e. The molecule has 0 atom stereocenters. The Labute approximate surface area is 141 Å². The predicted molar refractivity (Wildman–Crippen MR) is 97.1 cm³/mol. The first-order chi connectivity index (χ1) is 11.7. The lowest BCUT2D eigenvalue weighted by Gasteiger charge is -2.14. The summed E-state index contributed by atoms with van der Waals surface area (Å²) >= 11 is 0. The number of unbranched alkanes of at least 4 members (excludes halogenated alkanes) is 2. The Morgan fingerprint density at radius 2 is 1.92 bits per heavy atom. The van der Waals surface area contributed by atoms with Crippen LogP contribution in [0.5, 0.6) is 5.75 Å². The highest BCUT2D eigenvalue weighted by Crippen LogP contribution is 2.19. The topological polar surface area (TPSA) is 44.1 Å². The summed E-state index contributed by atoms with van der Waals surface area (Å²) in [5.41, 5.74) is 1.53. The number of nitrogens with zero attached hydrogens (tertiary/aromatic N) is 2. The Hall–Kier alpha value is -2.62. The van der Waals surface area contributed by atoms with Crippen molar-refractivity contribution in [1.82, 2.24) is 9.55 Å². The van der Waals surface area contributed by atoms with Crippen molar-refractivity contribution >= 4 is 10.9 Å². The third kappa shape index (κ3) is 3.18. The van der Waals surface area contributed by atoms with E-state index in [9.17, 15) is 4.79 Å². The molecule has 0 spiro atoms. The molecule has 4 nitrogen and oxygen atoms in total. The van der Waals surface area contributed by atoms with Crippen LogP contribution < -0.4 is 10.3 Å². The Balaban J connectivity index is 2.20. The number of hydrogen-bond acceptors (Lipinski definition) is 3. The third-order valence-electron chi connectivity index (χ3n) is 4.16. The summed E-state index contributed by atoms with van der Waals surface area (Å²) in [6.07, 6.45) is 4.06. The molecule has 0 bridgehead atoms. The summed E-state index contributed by atoms with van der Waals surface area (Å²) in [6.45, 7) is 2.17. The van der Waals surface area contributed by atoms with Gasteiger partial charge in [0.05, 0.1) is 23.7 Å². The third-order valence-corrected chi connectivity index (χ3v) is 4.16. The Morgan fingerprint density at radius 3 is 2.71 bits per heavy atom. The second kappa shape index (κ2) is 7.30. The van der Waals surface area contributed by atoms with E-state index >= 15 is 0 Å². The van der Waals surface area contributed by atoms with E-state index in [0.717, 1.165) is 48.5 Å². The second-order valence-corrected chi connectivity index (χ2v) is 5.84. The average Bonchev–Trinajstić information content (AvgIpc) is 2.62. The molecule has 0 amide bonds. The number of para-hydroxylation sites is 1. The SMILES string of the molecule is CCCCCc1nc2ccccc2c(=O)n1-c1cccc(OC)c1. The molecule has 0 radical (unpaired) electrons. The van der Waals surface area contributed by atoms with Crippen molar-refractivity contribution in [1.29, 1.82) is 0 Å². The molecule has 4 heteroatoms. The Kier molecular flexibility index (Phi) is 4.94. The maximum Gasteiger partial charge on any atom is 0.265 e. The minimum absolute atomic E-state index is 0.0275. The van der Waals surface area contributed by atoms with Gasteiger partial charge in [-0.2, -0.15) is 0 Å². The van der Waals surface area contributed by atoms with E-state index in [1.54, 1.807) is 11.7 Å². The van der Waals surface area contributed by atoms with Gasteiger partial charge in [-0.25, -0.2) is 4.98 Å². The van der Waals surface area contributed by atoms with Gasteiger partial charge in [0.15, 0.2) is 0 Å². The lowest BCUT2D eigenvalue weighted by molar-refractivity contribution is 0.414. The van der Waals surface area contributed by atoms with Crippen molar-refractivity contribution in [2.24, 2.45) is 0 Å². The Bertz CT molecular complexity index is 900. The van der Waals surface area contributed by atoms with E-state index in [2.05, 4.69) is 6.92 Å². The van der Waals surface area contributed by atoms with Gasteiger partial charge in [0.1, 0.15) is 11.6 Å². The summed E-state index contributed by atoms with van der Waals surface area (Å²) in [4.78, 5) is 17.8. The number of aromatic nitrogens is 2. The van der Waals surface area contributed by atoms with Gasteiger partial charge in [0.2, 0.25) is 0 Å². The number of methoxy groups -OCH3 is 1. The second-order valence-electron chi connectivity index (χ2n) is 5.84. The minimum Gasteiger partial charge on any atom is -0.497 e. The number of fused-ring (bicyclic) bond motifs is 1. The van der Waals surface area contributed by atoms with Crippen LogP contribution in [0, 0.1) is 0 Å². The summed E-state index contributed by atoms with van der Waals surface area (Å²) < 4.78 is 7.03. The normalized spacial score (nSPS) is 10.9. The van der Waals surface area contributed by atoms with Crippen LogP contribution in [0.2, 0.25) is 0 Å². The van der Waals surface area contributed by atoms with Gasteiger partial charge in [-0.05, 0) is 30.7 Å². The lowest BCUT2D eigenvalue weighted by atomic mass is 10.1. The zero-order valence-electron chi connectivity index (χ0n) is 14.2. The van der Waals surface area contributed by atoms with E-state index in [1.165, 1.54) is 0 Å². The molecule has 1 heterocycles. The number of ether oxygens (including phenoxy) is 1. The van der Waals surface area contributed by atoms with Crippen LogP contribution in [-0.2, 0) is 6.42 Å². The zero-order chi connectivity index (χ0) is 16.9. The zero-order valence-corrected chi connectivity index (χ0v) is 14.2. The monoisotopic (exact) mass is 322 g/mol. The number of rotatable bonds is 6. The van der Waals surface area contributed by atoms with Crippen molar-refractivity contribution in [2.45, 2.75) is 32.6 Å². The van der Waals surface area contributed by atoms with Crippen LogP contribution in [-0.4, -0.2) is 16.7 Å². The van der Waals surface area contributed by atoms with Gasteiger partial charge in [-0.3, -0.25) is 9.36 Å². The van der Waals surface area contributed by atoms with E-state index in [0.29, 0.717) is 5.39 Å². The average molecular weight is 322 g/mol. The Morgan fingerprint density at radius 1 is 1.08 bits per heavy atom. The molecule has 0 aliphatic carbocycles. The van der Waals surface area contributed by atoms with Crippen LogP contribution in [0.15, 0.2) is 53.3 Å². The van der Waals surface area contributed by atoms with E-state index in [-0.39, 0.29) is 5.56 Å². The number of aryl methyl sites for hydroxylation is 1. The molecule has 0 aliphatic rings. The molecule has 0 N–H and O–H groups in total. The summed E-state index contributed by atoms with van der Waals surface area (Å²) in [6, 6.07) is 15.1. The molecular formula is C20H22N2O2. The van der Waals surface area contributed by atoms with E-state index in [1.807, 2.05) is 48.5 Å². The first-order valence-electron chi connectivity index (χ1n) is 8.39. The lowest BCUT2D eigenvalue weighted by Crippen LogP contribution is -2.24. The summed E-state index contributed by atoms with van der Waals surface area (Å²) in [5, 5.41) is 0.638. The van der Waals surface area contributed by atoms with Gasteiger partial charge in [-0.1, -0.05) is 38.0 Å². The van der Waals surface area contributed by atoms with Gasteiger partial charge < -0.3 is 4.74 Å². The van der Waals surface area contributed by atoms with Crippen LogP contribution in [0.1, 0.15) is 32.0 Å². The molecule has 1 aromatic heterocycles. The van der Waals surface area contributed by atoms with Gasteiger partial charge in [0.25, 0.3) is 5.56 Å². The molecule has 0 fully saturated rings. The molecule has 3 aromatic rings. The van der Waals surface area contributed by atoms with Crippen molar-refractivity contribution in [3.8, 4) is 11.4 Å². The molecule has 124 valence electrons. The van der Waals surface area contributed by atoms with E-state index in [4.69, 9.17) is 9.72 Å². The molecule has 3 rings (SSSR count). The molecule has 0 unspecified atom stereocenters. The fourth-order valence-electron chi connectivity index (χ4n) is 2.90. The highest BCUT2D eigenvalue weighted by molar-refractivity contribution is 5.77.